The summed E-state index contributed by atoms with van der Waals surface area (Å²) in [7, 11) is 1.17. The second-order valence-corrected chi connectivity index (χ2v) is 9.47. The predicted molar refractivity (Wildman–Crippen MR) is 108 cm³/mol. The fourth-order valence-corrected chi connectivity index (χ4v) is 5.82. The van der Waals surface area contributed by atoms with Gasteiger partial charge in [-0.25, -0.2) is 13.2 Å². The fourth-order valence-electron chi connectivity index (χ4n) is 4.36. The van der Waals surface area contributed by atoms with Crippen LogP contribution in [0.15, 0.2) is 0 Å². The van der Waals surface area contributed by atoms with Crippen LogP contribution in [0.4, 0.5) is 13.2 Å². The van der Waals surface area contributed by atoms with Crippen molar-refractivity contribution in [2.75, 3.05) is 7.05 Å². The van der Waals surface area contributed by atoms with Gasteiger partial charge in [0, 0.05) is 13.0 Å². The topological polar surface area (TPSA) is 133 Å². The van der Waals surface area contributed by atoms with Crippen molar-refractivity contribution in [3.05, 3.63) is 0 Å². The zero-order chi connectivity index (χ0) is 24.7. The van der Waals surface area contributed by atoms with E-state index in [0.29, 0.717) is 0 Å². The van der Waals surface area contributed by atoms with Gasteiger partial charge in [-0.15, -0.1) is 34.8 Å². The van der Waals surface area contributed by atoms with E-state index in [-0.39, 0.29) is 0 Å². The van der Waals surface area contributed by atoms with Crippen molar-refractivity contribution < 1.29 is 42.6 Å². The van der Waals surface area contributed by atoms with Crippen LogP contribution in [0.25, 0.3) is 0 Å². The smallest absolute Gasteiger partial charge is 0.308 e. The first-order chi connectivity index (χ1) is 14.8. The molecule has 8 nitrogen and oxygen atoms in total. The summed E-state index contributed by atoms with van der Waals surface area (Å²) in [5.74, 6) is -14.0. The Labute approximate surface area is 196 Å². The standard InChI is InChI=1S/C18H22Cl3F3N2O6/c1-3-11(22)10(21)13(24)14(12(3)23)26-16(28)5-7(18(31)32)9(20)6(17(29)30)4(8(5)19)15(27)25-2/h3-14H,1-2H3,(H,25,27)(H,26,28)(H,29,30)(H,31,32). The van der Waals surface area contributed by atoms with Crippen LogP contribution in [0.2, 0.25) is 0 Å². The highest BCUT2D eigenvalue weighted by Crippen LogP contribution is 2.45. The third-order valence-corrected chi connectivity index (χ3v) is 7.74. The molecule has 2 fully saturated rings. The third kappa shape index (κ3) is 4.61. The van der Waals surface area contributed by atoms with Gasteiger partial charge >= 0.3 is 11.9 Å². The van der Waals surface area contributed by atoms with Crippen LogP contribution in [-0.4, -0.2) is 81.7 Å². The number of nitrogens with one attached hydrogen (secondary N) is 2. The average molecular weight is 526 g/mol. The molecule has 0 saturated heterocycles. The Bertz CT molecular complexity index is 764. The number of alkyl halides is 6. The molecule has 0 spiro atoms. The maximum Gasteiger partial charge on any atom is 0.308 e. The Balaban J connectivity index is 2.43. The van der Waals surface area contributed by atoms with Crippen molar-refractivity contribution in [1.29, 1.82) is 0 Å². The molecule has 2 aliphatic carbocycles. The highest BCUT2D eigenvalue weighted by Gasteiger charge is 2.60. The quantitative estimate of drug-likeness (QED) is 0.401. The number of carbonyl (C=O) groups excluding carboxylic acids is 2. The summed E-state index contributed by atoms with van der Waals surface area (Å²) >= 11 is 18.0. The largest absolute Gasteiger partial charge is 0.481 e. The van der Waals surface area contributed by atoms with Gasteiger partial charge in [0.15, 0.2) is 0 Å². The fraction of sp³-hybridized carbons (Fsp3) is 0.778. The Morgan fingerprint density at radius 1 is 0.719 bits per heavy atom. The van der Waals surface area contributed by atoms with E-state index in [0.717, 1.165) is 6.92 Å². The normalized spacial score (nSPS) is 44.4. The molecule has 0 aromatic carbocycles. The molecule has 2 saturated carbocycles. The van der Waals surface area contributed by atoms with Crippen LogP contribution in [0.1, 0.15) is 6.92 Å². The minimum absolute atomic E-state index is 0.913. The number of hydrogen-bond donors (Lipinski definition) is 4. The molecule has 0 heterocycles. The van der Waals surface area contributed by atoms with Crippen molar-refractivity contribution in [1.82, 2.24) is 10.6 Å². The summed E-state index contributed by atoms with van der Waals surface area (Å²) in [6.07, 6.45) is -6.58. The first-order valence-electron chi connectivity index (χ1n) is 9.59. The molecule has 0 aromatic heterocycles. The average Bonchev–Trinajstić information content (AvgIpc) is 2.73. The Morgan fingerprint density at radius 2 is 1.16 bits per heavy atom. The van der Waals surface area contributed by atoms with Gasteiger partial charge in [0.05, 0.1) is 45.8 Å². The lowest BCUT2D eigenvalue weighted by atomic mass is 9.66. The summed E-state index contributed by atoms with van der Waals surface area (Å²) in [5, 5.41) is 18.1. The third-order valence-electron chi connectivity index (χ3n) is 6.18. The molecular weight excluding hydrogens is 504 g/mol. The van der Waals surface area contributed by atoms with Gasteiger partial charge < -0.3 is 20.8 Å². The number of carbonyl (C=O) groups is 4. The van der Waals surface area contributed by atoms with Crippen molar-refractivity contribution >= 4 is 58.6 Å². The minimum atomic E-state index is -2.35. The highest BCUT2D eigenvalue weighted by molar-refractivity contribution is 6.28. The van der Waals surface area contributed by atoms with Gasteiger partial charge in [-0.05, 0) is 0 Å². The summed E-state index contributed by atoms with van der Waals surface area (Å²) in [6, 6.07) is -1.92. The van der Waals surface area contributed by atoms with Gasteiger partial charge in [0.1, 0.15) is 18.5 Å². The molecule has 12 unspecified atom stereocenters. The lowest BCUT2D eigenvalue weighted by Gasteiger charge is -2.44. The van der Waals surface area contributed by atoms with Crippen molar-refractivity contribution in [2.24, 2.45) is 29.6 Å². The van der Waals surface area contributed by atoms with Crippen molar-refractivity contribution in [2.45, 2.75) is 47.6 Å². The monoisotopic (exact) mass is 524 g/mol. The number of carboxylic acids is 2. The maximum atomic E-state index is 14.6. The minimum Gasteiger partial charge on any atom is -0.481 e. The lowest BCUT2D eigenvalue weighted by molar-refractivity contribution is -0.159. The Kier molecular flexibility index (Phi) is 8.55. The molecule has 0 radical (unpaired) electrons. The van der Waals surface area contributed by atoms with E-state index in [1.807, 2.05) is 5.32 Å². The molecule has 32 heavy (non-hydrogen) atoms. The van der Waals surface area contributed by atoms with E-state index in [9.17, 15) is 42.6 Å². The summed E-state index contributed by atoms with van der Waals surface area (Å²) < 4.78 is 43.2. The second-order valence-electron chi connectivity index (χ2n) is 7.95. The van der Waals surface area contributed by atoms with Gasteiger partial charge in [-0.2, -0.15) is 0 Å². The Morgan fingerprint density at radius 3 is 1.59 bits per heavy atom. The zero-order valence-corrected chi connectivity index (χ0v) is 19.0. The summed E-state index contributed by atoms with van der Waals surface area (Å²) in [4.78, 5) is 48.9. The van der Waals surface area contributed by atoms with E-state index in [1.54, 1.807) is 0 Å². The van der Waals surface area contributed by atoms with Crippen LogP contribution < -0.4 is 10.6 Å². The van der Waals surface area contributed by atoms with E-state index in [4.69, 9.17) is 34.8 Å². The van der Waals surface area contributed by atoms with Crippen molar-refractivity contribution in [3.63, 3.8) is 0 Å². The lowest BCUT2D eigenvalue weighted by Crippen LogP contribution is -2.65. The summed E-state index contributed by atoms with van der Waals surface area (Å²) in [6.45, 7) is 1.13. The molecule has 2 aliphatic rings. The molecule has 4 N–H and O–H groups in total. The Hall–Kier alpha value is -1.46. The first kappa shape index (κ1) is 26.8. The number of hydrogen-bond acceptors (Lipinski definition) is 4. The highest BCUT2D eigenvalue weighted by atomic mass is 35.5. The molecule has 12 atom stereocenters. The van der Waals surface area contributed by atoms with Crippen molar-refractivity contribution in [3.8, 4) is 0 Å². The SMILES string of the molecule is CNC(=O)C1C(Cl)C(C(=O)NC2C(F)C(C)C(F)C(Cl)C2F)C(C(=O)O)C(Cl)C1C(=O)O. The molecular formula is C18H22Cl3F3N2O6. The number of rotatable bonds is 5. The maximum absolute atomic E-state index is 14.6. The molecule has 182 valence electrons. The number of amides is 2. The molecule has 0 bridgehead atoms. The van der Waals surface area contributed by atoms with E-state index >= 15 is 0 Å². The zero-order valence-electron chi connectivity index (χ0n) is 16.7. The predicted octanol–water partition coefficient (Wildman–Crippen LogP) is 1.35. The van der Waals surface area contributed by atoms with Gasteiger partial charge in [0.25, 0.3) is 0 Å². The second kappa shape index (κ2) is 10.2. The van der Waals surface area contributed by atoms with Crippen LogP contribution in [-0.2, 0) is 19.2 Å². The molecule has 2 amide bonds. The number of halogens is 6. The molecule has 2 rings (SSSR count). The number of carboxylic acid groups (broad SMARTS) is 2. The van der Waals surface area contributed by atoms with E-state index in [2.05, 4.69) is 5.32 Å². The van der Waals surface area contributed by atoms with Crippen LogP contribution >= 0.6 is 34.8 Å². The summed E-state index contributed by atoms with van der Waals surface area (Å²) in [5.41, 5.74) is 0. The van der Waals surface area contributed by atoms with Crippen LogP contribution in [0.5, 0.6) is 0 Å². The van der Waals surface area contributed by atoms with Gasteiger partial charge in [-0.3, -0.25) is 19.2 Å². The van der Waals surface area contributed by atoms with Gasteiger partial charge in [-0.1, -0.05) is 6.92 Å². The van der Waals surface area contributed by atoms with E-state index in [1.165, 1.54) is 7.05 Å². The van der Waals surface area contributed by atoms with Crippen LogP contribution in [0.3, 0.4) is 0 Å². The van der Waals surface area contributed by atoms with E-state index < -0.39 is 94.0 Å². The first-order valence-corrected chi connectivity index (χ1v) is 10.9. The molecule has 0 aromatic rings. The molecule has 14 heteroatoms. The van der Waals surface area contributed by atoms with Gasteiger partial charge in [0.2, 0.25) is 11.8 Å². The number of aliphatic carboxylic acids is 2. The molecule has 0 aliphatic heterocycles. The van der Waals surface area contributed by atoms with Crippen LogP contribution in [0, 0.1) is 29.6 Å².